The van der Waals surface area contributed by atoms with Crippen LogP contribution in [-0.2, 0) is 4.74 Å². The van der Waals surface area contributed by atoms with E-state index in [1.807, 2.05) is 0 Å². The van der Waals surface area contributed by atoms with E-state index in [0.717, 1.165) is 12.1 Å². The van der Waals surface area contributed by atoms with Crippen LogP contribution >= 0.6 is 0 Å². The quantitative estimate of drug-likeness (QED) is 0.770. The maximum absolute atomic E-state index is 13.1. The molecule has 0 spiro atoms. The molecule has 1 aromatic carbocycles. The van der Waals surface area contributed by atoms with Crippen LogP contribution in [0, 0.1) is 11.6 Å². The van der Waals surface area contributed by atoms with Gasteiger partial charge in [-0.1, -0.05) is 6.07 Å². The fourth-order valence-electron chi connectivity index (χ4n) is 1.07. The maximum atomic E-state index is 13.1. The van der Waals surface area contributed by atoms with Crippen molar-refractivity contribution in [2.75, 3.05) is 20.3 Å². The Bertz CT molecular complexity index is 335. The lowest BCUT2D eigenvalue weighted by atomic mass is 10.2. The van der Waals surface area contributed by atoms with Crippen molar-refractivity contribution in [3.05, 3.63) is 35.4 Å². The zero-order chi connectivity index (χ0) is 11.3. The van der Waals surface area contributed by atoms with Crippen LogP contribution in [0.2, 0.25) is 0 Å². The second kappa shape index (κ2) is 5.41. The van der Waals surface area contributed by atoms with Gasteiger partial charge in [-0.2, -0.15) is 0 Å². The molecule has 0 aliphatic carbocycles. The largest absolute Gasteiger partial charge is 0.383 e. The molecule has 1 aromatic rings. The number of carbonyl (C=O) groups excluding carboxylic acids is 1. The monoisotopic (exact) mass is 215 g/mol. The summed E-state index contributed by atoms with van der Waals surface area (Å²) in [4.78, 5) is 11.3. The van der Waals surface area contributed by atoms with Crippen molar-refractivity contribution >= 4 is 5.91 Å². The number of nitrogens with one attached hydrogen (secondary N) is 1. The van der Waals surface area contributed by atoms with Crippen LogP contribution in [0.4, 0.5) is 8.78 Å². The zero-order valence-electron chi connectivity index (χ0n) is 8.22. The zero-order valence-corrected chi connectivity index (χ0v) is 8.22. The maximum Gasteiger partial charge on any atom is 0.257 e. The van der Waals surface area contributed by atoms with Gasteiger partial charge in [0.15, 0.2) is 0 Å². The smallest absolute Gasteiger partial charge is 0.257 e. The van der Waals surface area contributed by atoms with Crippen molar-refractivity contribution in [3.8, 4) is 0 Å². The number of carbonyl (C=O) groups is 1. The Morgan fingerprint density at radius 1 is 1.40 bits per heavy atom. The van der Waals surface area contributed by atoms with Crippen molar-refractivity contribution < 1.29 is 18.3 Å². The van der Waals surface area contributed by atoms with Crippen molar-refractivity contribution in [2.45, 2.75) is 0 Å². The standard InChI is InChI=1S/C10H11F2NO2/c1-15-6-5-13-10(14)9-7(11)3-2-4-8(9)12/h2-4H,5-6H2,1H3,(H,13,14). The van der Waals surface area contributed by atoms with E-state index in [-0.39, 0.29) is 6.54 Å². The molecule has 0 unspecified atom stereocenters. The van der Waals surface area contributed by atoms with Gasteiger partial charge in [0, 0.05) is 13.7 Å². The van der Waals surface area contributed by atoms with E-state index in [1.165, 1.54) is 13.2 Å². The van der Waals surface area contributed by atoms with E-state index < -0.39 is 23.1 Å². The summed E-state index contributed by atoms with van der Waals surface area (Å²) in [6.07, 6.45) is 0. The van der Waals surface area contributed by atoms with Crippen LogP contribution in [0.3, 0.4) is 0 Å². The summed E-state index contributed by atoms with van der Waals surface area (Å²) < 4.78 is 30.8. The minimum atomic E-state index is -0.870. The molecule has 1 N–H and O–H groups in total. The molecule has 0 aliphatic heterocycles. The first kappa shape index (κ1) is 11.6. The highest BCUT2D eigenvalue weighted by atomic mass is 19.1. The van der Waals surface area contributed by atoms with Crippen LogP contribution in [0.15, 0.2) is 18.2 Å². The predicted octanol–water partition coefficient (Wildman–Crippen LogP) is 1.34. The first-order valence-electron chi connectivity index (χ1n) is 4.38. The second-order valence-electron chi connectivity index (χ2n) is 2.85. The van der Waals surface area contributed by atoms with Gasteiger partial charge in [-0.15, -0.1) is 0 Å². The highest BCUT2D eigenvalue weighted by Gasteiger charge is 2.15. The minimum absolute atomic E-state index is 0.211. The number of hydrogen-bond acceptors (Lipinski definition) is 2. The molecule has 5 heteroatoms. The molecule has 1 rings (SSSR count). The van der Waals surface area contributed by atoms with Crippen molar-refractivity contribution in [1.82, 2.24) is 5.32 Å². The number of ether oxygens (including phenoxy) is 1. The van der Waals surface area contributed by atoms with E-state index >= 15 is 0 Å². The molecule has 1 amide bonds. The Morgan fingerprint density at radius 3 is 2.53 bits per heavy atom. The first-order valence-corrected chi connectivity index (χ1v) is 4.38. The summed E-state index contributed by atoms with van der Waals surface area (Å²) in [7, 11) is 1.47. The Balaban J connectivity index is 2.73. The Morgan fingerprint density at radius 2 is 2.00 bits per heavy atom. The number of benzene rings is 1. The topological polar surface area (TPSA) is 38.3 Å². The summed E-state index contributed by atoms with van der Waals surface area (Å²) in [5.41, 5.74) is -0.561. The van der Waals surface area contributed by atoms with Gasteiger partial charge in [-0.3, -0.25) is 4.79 Å². The minimum Gasteiger partial charge on any atom is -0.383 e. The average molecular weight is 215 g/mol. The summed E-state index contributed by atoms with van der Waals surface area (Å²) in [5.74, 6) is -2.52. The summed E-state index contributed by atoms with van der Waals surface area (Å²) in [5, 5.41) is 2.34. The van der Waals surface area contributed by atoms with Gasteiger partial charge in [-0.05, 0) is 12.1 Å². The molecule has 15 heavy (non-hydrogen) atoms. The molecular formula is C10H11F2NO2. The van der Waals surface area contributed by atoms with Crippen molar-refractivity contribution in [3.63, 3.8) is 0 Å². The number of amides is 1. The third kappa shape index (κ3) is 2.99. The molecule has 0 aliphatic rings. The van der Waals surface area contributed by atoms with Gasteiger partial charge in [0.1, 0.15) is 17.2 Å². The highest BCUT2D eigenvalue weighted by molar-refractivity contribution is 5.94. The van der Waals surface area contributed by atoms with Gasteiger partial charge in [0.25, 0.3) is 5.91 Å². The van der Waals surface area contributed by atoms with Gasteiger partial charge < -0.3 is 10.1 Å². The molecule has 0 radical (unpaired) electrons. The number of rotatable bonds is 4. The lowest BCUT2D eigenvalue weighted by Crippen LogP contribution is -2.28. The molecule has 0 saturated heterocycles. The summed E-state index contributed by atoms with van der Waals surface area (Å²) in [6.45, 7) is 0.505. The number of halogens is 2. The lowest BCUT2D eigenvalue weighted by Gasteiger charge is -2.05. The third-order valence-corrected chi connectivity index (χ3v) is 1.78. The summed E-state index contributed by atoms with van der Waals surface area (Å²) in [6, 6.07) is 3.28. The molecule has 0 bridgehead atoms. The Labute approximate surface area is 86.0 Å². The second-order valence-corrected chi connectivity index (χ2v) is 2.85. The van der Waals surface area contributed by atoms with E-state index in [9.17, 15) is 13.6 Å². The van der Waals surface area contributed by atoms with E-state index in [4.69, 9.17) is 0 Å². The number of methoxy groups -OCH3 is 1. The molecule has 0 heterocycles. The average Bonchev–Trinajstić information content (AvgIpc) is 2.18. The molecular weight excluding hydrogens is 204 g/mol. The molecule has 0 fully saturated rings. The van der Waals surface area contributed by atoms with Gasteiger partial charge in [0.05, 0.1) is 6.61 Å². The van der Waals surface area contributed by atoms with Gasteiger partial charge >= 0.3 is 0 Å². The van der Waals surface area contributed by atoms with Crippen LogP contribution in [0.25, 0.3) is 0 Å². The van der Waals surface area contributed by atoms with E-state index in [1.54, 1.807) is 0 Å². The molecule has 0 aromatic heterocycles. The third-order valence-electron chi connectivity index (χ3n) is 1.78. The Hall–Kier alpha value is -1.49. The number of hydrogen-bond donors (Lipinski definition) is 1. The van der Waals surface area contributed by atoms with Gasteiger partial charge in [0.2, 0.25) is 0 Å². The van der Waals surface area contributed by atoms with Crippen LogP contribution in [-0.4, -0.2) is 26.2 Å². The first-order chi connectivity index (χ1) is 7.16. The predicted molar refractivity (Wildman–Crippen MR) is 50.6 cm³/mol. The van der Waals surface area contributed by atoms with Crippen LogP contribution < -0.4 is 5.32 Å². The fraction of sp³-hybridized carbons (Fsp3) is 0.300. The Kier molecular flexibility index (Phi) is 4.17. The fourth-order valence-corrected chi connectivity index (χ4v) is 1.07. The summed E-state index contributed by atoms with van der Waals surface area (Å²) >= 11 is 0. The molecule has 3 nitrogen and oxygen atoms in total. The SMILES string of the molecule is COCCNC(=O)c1c(F)cccc1F. The van der Waals surface area contributed by atoms with E-state index in [2.05, 4.69) is 10.1 Å². The van der Waals surface area contributed by atoms with Crippen molar-refractivity contribution in [1.29, 1.82) is 0 Å². The van der Waals surface area contributed by atoms with Crippen LogP contribution in [0.1, 0.15) is 10.4 Å². The van der Waals surface area contributed by atoms with Crippen LogP contribution in [0.5, 0.6) is 0 Å². The van der Waals surface area contributed by atoms with E-state index in [0.29, 0.717) is 6.61 Å². The molecule has 0 saturated carbocycles. The highest BCUT2D eigenvalue weighted by Crippen LogP contribution is 2.11. The molecule has 0 atom stereocenters. The van der Waals surface area contributed by atoms with Crippen molar-refractivity contribution in [2.24, 2.45) is 0 Å². The molecule has 82 valence electrons. The lowest BCUT2D eigenvalue weighted by molar-refractivity contribution is 0.0928. The van der Waals surface area contributed by atoms with Gasteiger partial charge in [-0.25, -0.2) is 8.78 Å². The normalized spacial score (nSPS) is 10.1.